The minimum Gasteiger partial charge on any atom is -0.379 e. The maximum absolute atomic E-state index is 12.1. The van der Waals surface area contributed by atoms with Gasteiger partial charge in [-0.15, -0.1) is 0 Å². The number of carbonyl (C=O) groups excluding carboxylic acids is 1. The zero-order valence-corrected chi connectivity index (χ0v) is 10.1. The van der Waals surface area contributed by atoms with Crippen molar-refractivity contribution in [3.8, 4) is 0 Å². The van der Waals surface area contributed by atoms with Crippen molar-refractivity contribution in [1.82, 2.24) is 10.3 Å². The molecule has 3 rings (SSSR count). The van der Waals surface area contributed by atoms with Crippen LogP contribution in [0.1, 0.15) is 23.2 Å². The van der Waals surface area contributed by atoms with Gasteiger partial charge in [0.25, 0.3) is 5.91 Å². The summed E-state index contributed by atoms with van der Waals surface area (Å²) < 4.78 is 5.36. The lowest BCUT2D eigenvalue weighted by molar-refractivity contribution is 0.0624. The van der Waals surface area contributed by atoms with Gasteiger partial charge in [-0.3, -0.25) is 4.79 Å². The van der Waals surface area contributed by atoms with E-state index < -0.39 is 0 Å². The van der Waals surface area contributed by atoms with Gasteiger partial charge in [0.1, 0.15) is 0 Å². The monoisotopic (exact) mass is 244 g/mol. The molecule has 1 aliphatic heterocycles. The second-order valence-electron chi connectivity index (χ2n) is 4.67. The fraction of sp³-hybridized carbons (Fsp3) is 0.357. The normalized spacial score (nSPS) is 19.9. The summed E-state index contributed by atoms with van der Waals surface area (Å²) in [5.74, 6) is -0.0198. The molecule has 1 fully saturated rings. The molecule has 1 aliphatic rings. The van der Waals surface area contributed by atoms with Gasteiger partial charge in [-0.05, 0) is 37.1 Å². The molecule has 0 aliphatic carbocycles. The first-order chi connectivity index (χ1) is 8.83. The van der Waals surface area contributed by atoms with Gasteiger partial charge in [-0.1, -0.05) is 0 Å². The maximum Gasteiger partial charge on any atom is 0.251 e. The van der Waals surface area contributed by atoms with Gasteiger partial charge < -0.3 is 15.0 Å². The van der Waals surface area contributed by atoms with Crippen molar-refractivity contribution in [1.29, 1.82) is 0 Å². The highest BCUT2D eigenvalue weighted by atomic mass is 16.5. The number of H-pyrrole nitrogens is 1. The van der Waals surface area contributed by atoms with E-state index in [2.05, 4.69) is 10.3 Å². The topological polar surface area (TPSA) is 54.1 Å². The van der Waals surface area contributed by atoms with Crippen molar-refractivity contribution in [2.24, 2.45) is 0 Å². The van der Waals surface area contributed by atoms with Gasteiger partial charge in [0.05, 0.1) is 12.6 Å². The number of ether oxygens (including phenoxy) is 1. The summed E-state index contributed by atoms with van der Waals surface area (Å²) in [7, 11) is 0. The molecule has 4 heteroatoms. The molecule has 2 heterocycles. The predicted molar refractivity (Wildman–Crippen MR) is 69.6 cm³/mol. The molecule has 94 valence electrons. The minimum absolute atomic E-state index is 0.0198. The van der Waals surface area contributed by atoms with E-state index >= 15 is 0 Å². The fourth-order valence-corrected chi connectivity index (χ4v) is 2.32. The van der Waals surface area contributed by atoms with Crippen LogP contribution in [0, 0.1) is 0 Å². The van der Waals surface area contributed by atoms with E-state index in [0.29, 0.717) is 12.2 Å². The molecule has 1 aromatic heterocycles. The second-order valence-corrected chi connectivity index (χ2v) is 4.67. The quantitative estimate of drug-likeness (QED) is 0.849. The van der Waals surface area contributed by atoms with Crippen LogP contribution in [0.15, 0.2) is 30.5 Å². The zero-order chi connectivity index (χ0) is 12.4. The SMILES string of the molecule is O=C(NC1CCCOC1)c1ccc2[nH]ccc2c1. The van der Waals surface area contributed by atoms with Crippen LogP contribution in [0.4, 0.5) is 0 Å². The van der Waals surface area contributed by atoms with E-state index in [0.717, 1.165) is 30.4 Å². The van der Waals surface area contributed by atoms with Crippen LogP contribution in [0.3, 0.4) is 0 Å². The van der Waals surface area contributed by atoms with Crippen molar-refractivity contribution in [2.45, 2.75) is 18.9 Å². The van der Waals surface area contributed by atoms with E-state index in [1.807, 2.05) is 30.5 Å². The standard InChI is InChI=1S/C14H16N2O2/c17-14(16-12-2-1-7-18-9-12)11-3-4-13-10(8-11)5-6-15-13/h3-6,8,12,15H,1-2,7,9H2,(H,16,17). The first kappa shape index (κ1) is 11.3. The number of aromatic nitrogens is 1. The third kappa shape index (κ3) is 2.24. The third-order valence-electron chi connectivity index (χ3n) is 3.31. The van der Waals surface area contributed by atoms with Crippen molar-refractivity contribution in [3.05, 3.63) is 36.0 Å². The number of fused-ring (bicyclic) bond motifs is 1. The van der Waals surface area contributed by atoms with E-state index in [4.69, 9.17) is 4.74 Å². The first-order valence-corrected chi connectivity index (χ1v) is 6.29. The number of hydrogen-bond donors (Lipinski definition) is 2. The maximum atomic E-state index is 12.1. The minimum atomic E-state index is -0.0198. The Kier molecular flexibility index (Phi) is 3.02. The molecule has 1 atom stereocenters. The summed E-state index contributed by atoms with van der Waals surface area (Å²) in [6.45, 7) is 1.43. The number of hydrogen-bond acceptors (Lipinski definition) is 2. The molecule has 1 amide bonds. The van der Waals surface area contributed by atoms with Crippen LogP contribution in [-0.2, 0) is 4.74 Å². The Bertz CT molecular complexity index is 556. The van der Waals surface area contributed by atoms with Crippen molar-refractivity contribution < 1.29 is 9.53 Å². The van der Waals surface area contributed by atoms with Crippen LogP contribution in [0.5, 0.6) is 0 Å². The first-order valence-electron chi connectivity index (χ1n) is 6.29. The Morgan fingerprint density at radius 3 is 3.17 bits per heavy atom. The van der Waals surface area contributed by atoms with Crippen LogP contribution in [0.25, 0.3) is 10.9 Å². The lowest BCUT2D eigenvalue weighted by Gasteiger charge is -2.23. The Hall–Kier alpha value is -1.81. The zero-order valence-electron chi connectivity index (χ0n) is 10.1. The number of benzene rings is 1. The lowest BCUT2D eigenvalue weighted by Crippen LogP contribution is -2.40. The summed E-state index contributed by atoms with van der Waals surface area (Å²) in [4.78, 5) is 15.2. The molecule has 18 heavy (non-hydrogen) atoms. The van der Waals surface area contributed by atoms with Gasteiger partial charge in [-0.2, -0.15) is 0 Å². The Morgan fingerprint density at radius 1 is 1.39 bits per heavy atom. The number of rotatable bonds is 2. The molecule has 1 aromatic carbocycles. The highest BCUT2D eigenvalue weighted by Gasteiger charge is 2.17. The van der Waals surface area contributed by atoms with E-state index in [1.54, 1.807) is 0 Å². The fourth-order valence-electron chi connectivity index (χ4n) is 2.32. The number of aromatic amines is 1. The number of nitrogens with one attached hydrogen (secondary N) is 2. The molecule has 2 N–H and O–H groups in total. The second kappa shape index (κ2) is 4.82. The van der Waals surface area contributed by atoms with Crippen molar-refractivity contribution in [2.75, 3.05) is 13.2 Å². The van der Waals surface area contributed by atoms with Crippen LogP contribution < -0.4 is 5.32 Å². The number of amides is 1. The highest BCUT2D eigenvalue weighted by molar-refractivity contribution is 5.98. The number of carbonyl (C=O) groups is 1. The van der Waals surface area contributed by atoms with Crippen molar-refractivity contribution in [3.63, 3.8) is 0 Å². The predicted octanol–water partition coefficient (Wildman–Crippen LogP) is 2.08. The Morgan fingerprint density at radius 2 is 2.33 bits per heavy atom. The third-order valence-corrected chi connectivity index (χ3v) is 3.31. The smallest absolute Gasteiger partial charge is 0.251 e. The summed E-state index contributed by atoms with van der Waals surface area (Å²) in [6.07, 6.45) is 3.89. The van der Waals surface area contributed by atoms with E-state index in [-0.39, 0.29) is 11.9 Å². The molecule has 1 unspecified atom stereocenters. The molecule has 2 aromatic rings. The van der Waals surface area contributed by atoms with E-state index in [1.165, 1.54) is 0 Å². The van der Waals surface area contributed by atoms with Gasteiger partial charge in [0.2, 0.25) is 0 Å². The molecule has 0 spiro atoms. The molecular formula is C14H16N2O2. The summed E-state index contributed by atoms with van der Waals surface area (Å²) >= 11 is 0. The van der Waals surface area contributed by atoms with Gasteiger partial charge in [0, 0.05) is 29.3 Å². The largest absolute Gasteiger partial charge is 0.379 e. The molecule has 0 radical (unpaired) electrons. The molecule has 1 saturated heterocycles. The summed E-state index contributed by atoms with van der Waals surface area (Å²) in [5.41, 5.74) is 1.75. The average Bonchev–Trinajstić information content (AvgIpc) is 2.87. The van der Waals surface area contributed by atoms with Gasteiger partial charge >= 0.3 is 0 Å². The van der Waals surface area contributed by atoms with E-state index in [9.17, 15) is 4.79 Å². The Balaban J connectivity index is 1.74. The summed E-state index contributed by atoms with van der Waals surface area (Å²) in [5, 5.41) is 4.08. The molecular weight excluding hydrogens is 228 g/mol. The Labute approximate surface area is 105 Å². The molecule has 0 bridgehead atoms. The average molecular weight is 244 g/mol. The van der Waals surface area contributed by atoms with Gasteiger partial charge in [-0.25, -0.2) is 0 Å². The molecule has 0 saturated carbocycles. The van der Waals surface area contributed by atoms with Crippen LogP contribution >= 0.6 is 0 Å². The van der Waals surface area contributed by atoms with Crippen molar-refractivity contribution >= 4 is 16.8 Å². The van der Waals surface area contributed by atoms with Gasteiger partial charge in [0.15, 0.2) is 0 Å². The highest BCUT2D eigenvalue weighted by Crippen LogP contribution is 2.15. The lowest BCUT2D eigenvalue weighted by atomic mass is 10.1. The summed E-state index contributed by atoms with van der Waals surface area (Å²) in [6, 6.07) is 7.80. The van der Waals surface area contributed by atoms with Crippen LogP contribution in [-0.4, -0.2) is 30.1 Å². The molecule has 4 nitrogen and oxygen atoms in total. The van der Waals surface area contributed by atoms with Crippen LogP contribution in [0.2, 0.25) is 0 Å².